The lowest BCUT2D eigenvalue weighted by molar-refractivity contribution is 0.409. The monoisotopic (exact) mass is 166 g/mol. The van der Waals surface area contributed by atoms with Crippen molar-refractivity contribution in [3.63, 3.8) is 0 Å². The first-order valence-electron chi connectivity index (χ1n) is 3.87. The molecule has 0 saturated carbocycles. The Kier molecular flexibility index (Phi) is 3.08. The second-order valence-corrected chi connectivity index (χ2v) is 2.55. The maximum Gasteiger partial charge on any atom is 0.123 e. The van der Waals surface area contributed by atoms with E-state index < -0.39 is 0 Å². The van der Waals surface area contributed by atoms with Crippen molar-refractivity contribution in [2.75, 3.05) is 7.11 Å². The molecule has 0 unspecified atom stereocenters. The van der Waals surface area contributed by atoms with E-state index in [4.69, 9.17) is 16.2 Å². The van der Waals surface area contributed by atoms with Crippen molar-refractivity contribution in [1.82, 2.24) is 0 Å². The second-order valence-electron chi connectivity index (χ2n) is 2.55. The molecule has 3 nitrogen and oxygen atoms in total. The zero-order chi connectivity index (χ0) is 8.97. The number of nitrogens with two attached hydrogens (primary N) is 2. The van der Waals surface area contributed by atoms with E-state index in [1.54, 1.807) is 7.11 Å². The maximum atomic E-state index is 5.51. The van der Waals surface area contributed by atoms with Crippen molar-refractivity contribution >= 4 is 0 Å². The SMILES string of the molecule is COc1cc(CN)ccc1CN. The quantitative estimate of drug-likeness (QED) is 0.691. The van der Waals surface area contributed by atoms with Crippen molar-refractivity contribution in [2.45, 2.75) is 13.1 Å². The van der Waals surface area contributed by atoms with Crippen molar-refractivity contribution < 1.29 is 4.74 Å². The van der Waals surface area contributed by atoms with Gasteiger partial charge in [0, 0.05) is 18.7 Å². The lowest BCUT2D eigenvalue weighted by Gasteiger charge is -2.07. The van der Waals surface area contributed by atoms with Crippen LogP contribution in [0.15, 0.2) is 18.2 Å². The highest BCUT2D eigenvalue weighted by Crippen LogP contribution is 2.19. The highest BCUT2D eigenvalue weighted by Gasteiger charge is 2.00. The standard InChI is InChI=1S/C9H14N2O/c1-12-9-4-7(5-10)2-3-8(9)6-11/h2-4H,5-6,10-11H2,1H3. The predicted molar refractivity (Wildman–Crippen MR) is 48.8 cm³/mol. The van der Waals surface area contributed by atoms with Crippen LogP contribution in [-0.4, -0.2) is 7.11 Å². The van der Waals surface area contributed by atoms with Gasteiger partial charge in [-0.25, -0.2) is 0 Å². The predicted octanol–water partition coefficient (Wildman–Crippen LogP) is 0.613. The number of hydrogen-bond donors (Lipinski definition) is 2. The van der Waals surface area contributed by atoms with Crippen LogP contribution in [0.25, 0.3) is 0 Å². The molecule has 66 valence electrons. The van der Waals surface area contributed by atoms with E-state index in [2.05, 4.69) is 0 Å². The Balaban J connectivity index is 3.02. The van der Waals surface area contributed by atoms with Crippen LogP contribution in [0, 0.1) is 0 Å². The molecule has 0 spiro atoms. The van der Waals surface area contributed by atoms with E-state index in [-0.39, 0.29) is 0 Å². The molecule has 0 aliphatic heterocycles. The summed E-state index contributed by atoms with van der Waals surface area (Å²) in [5.74, 6) is 0.820. The van der Waals surface area contributed by atoms with E-state index >= 15 is 0 Å². The topological polar surface area (TPSA) is 61.3 Å². The number of methoxy groups -OCH3 is 1. The number of hydrogen-bond acceptors (Lipinski definition) is 3. The van der Waals surface area contributed by atoms with Crippen LogP contribution in [0.3, 0.4) is 0 Å². The first-order chi connectivity index (χ1) is 5.81. The summed E-state index contributed by atoms with van der Waals surface area (Å²) in [6.07, 6.45) is 0. The van der Waals surface area contributed by atoms with Gasteiger partial charge in [-0.05, 0) is 11.6 Å². The van der Waals surface area contributed by atoms with Gasteiger partial charge in [-0.2, -0.15) is 0 Å². The van der Waals surface area contributed by atoms with Crippen LogP contribution in [0.1, 0.15) is 11.1 Å². The van der Waals surface area contributed by atoms with Crippen LogP contribution in [0.4, 0.5) is 0 Å². The third-order valence-corrected chi connectivity index (χ3v) is 1.81. The molecule has 1 rings (SSSR count). The van der Waals surface area contributed by atoms with E-state index in [1.807, 2.05) is 18.2 Å². The maximum absolute atomic E-state index is 5.51. The van der Waals surface area contributed by atoms with Gasteiger partial charge < -0.3 is 16.2 Å². The molecule has 0 atom stereocenters. The molecule has 4 N–H and O–H groups in total. The van der Waals surface area contributed by atoms with Crippen LogP contribution in [-0.2, 0) is 13.1 Å². The minimum absolute atomic E-state index is 0.494. The van der Waals surface area contributed by atoms with Gasteiger partial charge in [0.25, 0.3) is 0 Å². The molecule has 3 heteroatoms. The lowest BCUT2D eigenvalue weighted by Crippen LogP contribution is -2.02. The third kappa shape index (κ3) is 1.75. The van der Waals surface area contributed by atoms with Crippen molar-refractivity contribution in [2.24, 2.45) is 11.5 Å². The Morgan fingerprint density at radius 2 is 2.00 bits per heavy atom. The van der Waals surface area contributed by atoms with Gasteiger partial charge in [0.1, 0.15) is 5.75 Å². The Hall–Kier alpha value is -1.06. The van der Waals surface area contributed by atoms with Gasteiger partial charge in [-0.1, -0.05) is 12.1 Å². The largest absolute Gasteiger partial charge is 0.496 e. The molecular formula is C9H14N2O. The van der Waals surface area contributed by atoms with Gasteiger partial charge in [0.2, 0.25) is 0 Å². The molecule has 12 heavy (non-hydrogen) atoms. The lowest BCUT2D eigenvalue weighted by atomic mass is 10.1. The molecule has 0 bridgehead atoms. The van der Waals surface area contributed by atoms with Gasteiger partial charge in [-0.15, -0.1) is 0 Å². The molecule has 0 aromatic heterocycles. The van der Waals surface area contributed by atoms with E-state index in [9.17, 15) is 0 Å². The Morgan fingerprint density at radius 1 is 1.25 bits per heavy atom. The van der Waals surface area contributed by atoms with Crippen molar-refractivity contribution in [1.29, 1.82) is 0 Å². The van der Waals surface area contributed by atoms with Crippen LogP contribution < -0.4 is 16.2 Å². The molecular weight excluding hydrogens is 152 g/mol. The van der Waals surface area contributed by atoms with Gasteiger partial charge in [0.15, 0.2) is 0 Å². The average Bonchev–Trinajstić information content (AvgIpc) is 2.16. The average molecular weight is 166 g/mol. The normalized spacial score (nSPS) is 9.92. The highest BCUT2D eigenvalue weighted by atomic mass is 16.5. The van der Waals surface area contributed by atoms with Crippen LogP contribution >= 0.6 is 0 Å². The minimum atomic E-state index is 0.494. The van der Waals surface area contributed by atoms with E-state index in [1.165, 1.54) is 0 Å². The fourth-order valence-electron chi connectivity index (χ4n) is 1.08. The molecule has 1 aromatic rings. The molecule has 0 amide bonds. The van der Waals surface area contributed by atoms with Gasteiger partial charge in [-0.3, -0.25) is 0 Å². The smallest absolute Gasteiger partial charge is 0.123 e. The Labute approximate surface area is 72.3 Å². The fraction of sp³-hybridized carbons (Fsp3) is 0.333. The van der Waals surface area contributed by atoms with Crippen LogP contribution in [0.2, 0.25) is 0 Å². The summed E-state index contributed by atoms with van der Waals surface area (Å²) < 4.78 is 5.14. The summed E-state index contributed by atoms with van der Waals surface area (Å²) >= 11 is 0. The Morgan fingerprint density at radius 3 is 2.50 bits per heavy atom. The molecule has 0 saturated heterocycles. The van der Waals surface area contributed by atoms with E-state index in [0.29, 0.717) is 13.1 Å². The molecule has 1 aromatic carbocycles. The van der Waals surface area contributed by atoms with Crippen molar-refractivity contribution in [3.05, 3.63) is 29.3 Å². The second kappa shape index (κ2) is 4.09. The summed E-state index contributed by atoms with van der Waals surface area (Å²) in [6.45, 7) is 1.02. The summed E-state index contributed by atoms with van der Waals surface area (Å²) in [6, 6.07) is 5.83. The van der Waals surface area contributed by atoms with Gasteiger partial charge >= 0.3 is 0 Å². The first-order valence-corrected chi connectivity index (χ1v) is 3.87. The highest BCUT2D eigenvalue weighted by molar-refractivity contribution is 5.37. The Bertz CT molecular complexity index is 261. The molecule has 0 aliphatic carbocycles. The van der Waals surface area contributed by atoms with Crippen LogP contribution in [0.5, 0.6) is 5.75 Å². The van der Waals surface area contributed by atoms with Crippen molar-refractivity contribution in [3.8, 4) is 5.75 Å². The first kappa shape index (κ1) is 9.03. The molecule has 0 aliphatic rings. The minimum Gasteiger partial charge on any atom is -0.496 e. The summed E-state index contributed by atoms with van der Waals surface area (Å²) in [4.78, 5) is 0. The number of rotatable bonds is 3. The number of ether oxygens (including phenoxy) is 1. The molecule has 0 fully saturated rings. The third-order valence-electron chi connectivity index (χ3n) is 1.81. The summed E-state index contributed by atoms with van der Waals surface area (Å²) in [5.41, 5.74) is 13.1. The zero-order valence-corrected chi connectivity index (χ0v) is 7.21. The molecule has 0 heterocycles. The fourth-order valence-corrected chi connectivity index (χ4v) is 1.08. The number of benzene rings is 1. The summed E-state index contributed by atoms with van der Waals surface area (Å²) in [5, 5.41) is 0. The van der Waals surface area contributed by atoms with Gasteiger partial charge in [0.05, 0.1) is 7.11 Å². The molecule has 0 radical (unpaired) electrons. The summed E-state index contributed by atoms with van der Waals surface area (Å²) in [7, 11) is 1.63. The zero-order valence-electron chi connectivity index (χ0n) is 7.21. The van der Waals surface area contributed by atoms with E-state index in [0.717, 1.165) is 16.9 Å².